The number of para-hydroxylation sites is 1. The Morgan fingerprint density at radius 1 is 1.21 bits per heavy atom. The van der Waals surface area contributed by atoms with E-state index >= 15 is 0 Å². The van der Waals surface area contributed by atoms with E-state index in [2.05, 4.69) is 4.98 Å². The molecule has 0 atom stereocenters. The fourth-order valence-electron chi connectivity index (χ4n) is 3.63. The number of rotatable bonds is 2. The average Bonchev–Trinajstić information content (AvgIpc) is 3.05. The molecule has 24 heavy (non-hydrogen) atoms. The molecule has 0 aliphatic rings. The van der Waals surface area contributed by atoms with E-state index in [-0.39, 0.29) is 5.97 Å². The van der Waals surface area contributed by atoms with E-state index in [0.717, 1.165) is 43.8 Å². The zero-order valence-corrected chi connectivity index (χ0v) is 13.8. The number of hydrogen-bond acceptors (Lipinski definition) is 3. The topological polar surface area (TPSA) is 67.2 Å². The van der Waals surface area contributed by atoms with Gasteiger partial charge >= 0.3 is 5.97 Å². The monoisotopic (exact) mass is 322 g/mol. The quantitative estimate of drug-likeness (QED) is 0.427. The maximum atomic E-state index is 12.1. The van der Waals surface area contributed by atoms with Crippen LogP contribution in [0.5, 0.6) is 0 Å². The molecule has 2 aromatic carbocycles. The van der Waals surface area contributed by atoms with E-state index in [4.69, 9.17) is 4.74 Å². The van der Waals surface area contributed by atoms with Gasteiger partial charge in [0.1, 0.15) is 5.69 Å². The predicted molar refractivity (Wildman–Crippen MR) is 93.9 cm³/mol. The second kappa shape index (κ2) is 5.03. The van der Waals surface area contributed by atoms with E-state index in [9.17, 15) is 10.0 Å². The zero-order chi connectivity index (χ0) is 17.0. The summed E-state index contributed by atoms with van der Waals surface area (Å²) in [6.45, 7) is 5.98. The lowest BCUT2D eigenvalue weighted by Crippen LogP contribution is -2.06. The number of nitrogens with one attached hydrogen (secondary N) is 1. The van der Waals surface area contributed by atoms with Gasteiger partial charge in [0.05, 0.1) is 17.6 Å². The summed E-state index contributed by atoms with van der Waals surface area (Å²) in [6, 6.07) is 9.71. The maximum absolute atomic E-state index is 12.1. The SMILES string of the molecule is CCOC(=O)c1[nH]c2cc3c4ccccc4n(O)c3c(C)c2c1C. The molecule has 0 bridgehead atoms. The normalized spacial score (nSPS) is 11.6. The number of aromatic nitrogens is 2. The van der Waals surface area contributed by atoms with Crippen molar-refractivity contribution in [1.29, 1.82) is 0 Å². The van der Waals surface area contributed by atoms with Crippen molar-refractivity contribution in [2.45, 2.75) is 20.8 Å². The Balaban J connectivity index is 2.13. The predicted octanol–water partition coefficient (Wildman–Crippen LogP) is 4.31. The van der Waals surface area contributed by atoms with E-state index < -0.39 is 0 Å². The third kappa shape index (κ3) is 1.78. The van der Waals surface area contributed by atoms with Gasteiger partial charge in [-0.25, -0.2) is 4.79 Å². The Bertz CT molecular complexity index is 1120. The van der Waals surface area contributed by atoms with Gasteiger partial charge in [-0.05, 0) is 44.0 Å². The van der Waals surface area contributed by atoms with Crippen LogP contribution in [-0.4, -0.2) is 27.5 Å². The first kappa shape index (κ1) is 14.6. The Morgan fingerprint density at radius 3 is 2.71 bits per heavy atom. The fourth-order valence-corrected chi connectivity index (χ4v) is 3.63. The van der Waals surface area contributed by atoms with Crippen molar-refractivity contribution in [3.63, 3.8) is 0 Å². The van der Waals surface area contributed by atoms with Crippen LogP contribution in [0.15, 0.2) is 30.3 Å². The summed E-state index contributed by atoms with van der Waals surface area (Å²) in [7, 11) is 0. The molecule has 0 amide bonds. The number of fused-ring (bicyclic) bond motifs is 4. The number of hydrogen-bond donors (Lipinski definition) is 2. The molecule has 2 N–H and O–H groups in total. The van der Waals surface area contributed by atoms with E-state index in [0.29, 0.717) is 12.3 Å². The number of benzene rings is 2. The third-order valence-electron chi connectivity index (χ3n) is 4.67. The van der Waals surface area contributed by atoms with Gasteiger partial charge in [0.25, 0.3) is 0 Å². The van der Waals surface area contributed by atoms with Crippen molar-refractivity contribution in [3.8, 4) is 0 Å². The van der Waals surface area contributed by atoms with Crippen LogP contribution in [-0.2, 0) is 4.74 Å². The molecule has 0 unspecified atom stereocenters. The molecule has 0 radical (unpaired) electrons. The molecule has 2 heterocycles. The molecule has 0 aliphatic heterocycles. The molecule has 0 fully saturated rings. The number of carbonyl (C=O) groups excluding carboxylic acids is 1. The lowest BCUT2D eigenvalue weighted by atomic mass is 10.0. The van der Waals surface area contributed by atoms with Crippen molar-refractivity contribution in [3.05, 3.63) is 47.2 Å². The second-order valence-electron chi connectivity index (χ2n) is 5.99. The number of aryl methyl sites for hydroxylation is 2. The molecule has 2 aromatic heterocycles. The number of esters is 1. The smallest absolute Gasteiger partial charge is 0.355 e. The van der Waals surface area contributed by atoms with Gasteiger partial charge in [-0.1, -0.05) is 18.2 Å². The summed E-state index contributed by atoms with van der Waals surface area (Å²) < 4.78 is 6.36. The van der Waals surface area contributed by atoms with Crippen LogP contribution in [0.3, 0.4) is 0 Å². The highest BCUT2D eigenvalue weighted by Crippen LogP contribution is 2.36. The van der Waals surface area contributed by atoms with Crippen LogP contribution in [0.1, 0.15) is 28.5 Å². The maximum Gasteiger partial charge on any atom is 0.355 e. The summed E-state index contributed by atoms with van der Waals surface area (Å²) in [6.07, 6.45) is 0. The van der Waals surface area contributed by atoms with Crippen molar-refractivity contribution in [1.82, 2.24) is 9.71 Å². The standard InChI is InChI=1S/C19H18N2O3/c1-4-24-19(22)17-10(2)16-11(3)18-13(9-14(16)20-17)12-7-5-6-8-15(12)21(18)23/h5-9,20,23H,4H2,1-3H3. The summed E-state index contributed by atoms with van der Waals surface area (Å²) >= 11 is 0. The number of H-pyrrole nitrogens is 1. The van der Waals surface area contributed by atoms with Gasteiger partial charge in [0.15, 0.2) is 0 Å². The van der Waals surface area contributed by atoms with E-state index in [1.807, 2.05) is 44.2 Å². The Kier molecular flexibility index (Phi) is 3.06. The molecule has 122 valence electrons. The zero-order valence-electron chi connectivity index (χ0n) is 13.8. The molecule has 0 saturated carbocycles. The van der Waals surface area contributed by atoms with Crippen LogP contribution in [0.25, 0.3) is 32.7 Å². The van der Waals surface area contributed by atoms with Crippen molar-refractivity contribution < 1.29 is 14.7 Å². The molecule has 0 saturated heterocycles. The first-order chi connectivity index (χ1) is 11.5. The highest BCUT2D eigenvalue weighted by molar-refractivity contribution is 6.15. The van der Waals surface area contributed by atoms with Gasteiger partial charge in [-0.2, -0.15) is 4.73 Å². The number of aromatic amines is 1. The third-order valence-corrected chi connectivity index (χ3v) is 4.67. The summed E-state index contributed by atoms with van der Waals surface area (Å²) in [5.41, 5.74) is 4.65. The largest absolute Gasteiger partial charge is 0.461 e. The first-order valence-electron chi connectivity index (χ1n) is 7.96. The fraction of sp³-hybridized carbons (Fsp3) is 0.211. The van der Waals surface area contributed by atoms with Gasteiger partial charge in [-0.15, -0.1) is 0 Å². The second-order valence-corrected chi connectivity index (χ2v) is 5.99. The van der Waals surface area contributed by atoms with Crippen LogP contribution >= 0.6 is 0 Å². The molecule has 0 aliphatic carbocycles. The average molecular weight is 322 g/mol. The van der Waals surface area contributed by atoms with Gasteiger partial charge in [-0.3, -0.25) is 0 Å². The van der Waals surface area contributed by atoms with Gasteiger partial charge in [0.2, 0.25) is 0 Å². The van der Waals surface area contributed by atoms with Crippen molar-refractivity contribution in [2.75, 3.05) is 6.61 Å². The summed E-state index contributed by atoms with van der Waals surface area (Å²) in [4.78, 5) is 15.3. The number of ether oxygens (including phenoxy) is 1. The summed E-state index contributed by atoms with van der Waals surface area (Å²) in [5.74, 6) is -0.355. The molecular weight excluding hydrogens is 304 g/mol. The Labute approximate surface area is 138 Å². The Hall–Kier alpha value is -2.95. The summed E-state index contributed by atoms with van der Waals surface area (Å²) in [5, 5.41) is 13.5. The van der Waals surface area contributed by atoms with E-state index in [1.165, 1.54) is 4.73 Å². The minimum Gasteiger partial charge on any atom is -0.461 e. The molecule has 0 spiro atoms. The number of nitrogens with zero attached hydrogens (tertiary/aromatic N) is 1. The first-order valence-corrected chi connectivity index (χ1v) is 7.96. The lowest BCUT2D eigenvalue weighted by molar-refractivity contribution is 0.0520. The minimum atomic E-state index is -0.355. The molecule has 4 rings (SSSR count). The van der Waals surface area contributed by atoms with Crippen LogP contribution < -0.4 is 0 Å². The van der Waals surface area contributed by atoms with E-state index in [1.54, 1.807) is 6.92 Å². The van der Waals surface area contributed by atoms with Crippen LogP contribution in [0.4, 0.5) is 0 Å². The minimum absolute atomic E-state index is 0.334. The highest BCUT2D eigenvalue weighted by Gasteiger charge is 2.21. The van der Waals surface area contributed by atoms with Gasteiger partial charge < -0.3 is 14.9 Å². The van der Waals surface area contributed by atoms with Crippen molar-refractivity contribution in [2.24, 2.45) is 0 Å². The number of carbonyl (C=O) groups is 1. The molecular formula is C19H18N2O3. The molecule has 5 heteroatoms. The van der Waals surface area contributed by atoms with Crippen LogP contribution in [0, 0.1) is 13.8 Å². The molecule has 5 nitrogen and oxygen atoms in total. The lowest BCUT2D eigenvalue weighted by Gasteiger charge is -2.04. The van der Waals surface area contributed by atoms with Crippen LogP contribution in [0.2, 0.25) is 0 Å². The highest BCUT2D eigenvalue weighted by atomic mass is 16.5. The Morgan fingerprint density at radius 2 is 1.96 bits per heavy atom. The molecule has 4 aromatic rings. The van der Waals surface area contributed by atoms with Gasteiger partial charge in [0, 0.05) is 21.7 Å². The van der Waals surface area contributed by atoms with Crippen molar-refractivity contribution >= 4 is 38.7 Å².